The van der Waals surface area contributed by atoms with Gasteiger partial charge in [0.05, 0.1) is 6.61 Å². The van der Waals surface area contributed by atoms with Crippen LogP contribution < -0.4 is 0 Å². The third-order valence-electron chi connectivity index (χ3n) is 4.42. The Morgan fingerprint density at radius 2 is 1.91 bits per heavy atom. The predicted molar refractivity (Wildman–Crippen MR) is 92.3 cm³/mol. The minimum atomic E-state index is -0.873. The average Bonchev–Trinajstić information content (AvgIpc) is 2.62. The maximum absolute atomic E-state index is 11.2. The first-order chi connectivity index (χ1) is 11.2. The van der Waals surface area contributed by atoms with E-state index in [0.717, 1.165) is 24.1 Å². The summed E-state index contributed by atoms with van der Waals surface area (Å²) in [5.74, 6) is 0. The van der Waals surface area contributed by atoms with Crippen molar-refractivity contribution in [3.8, 4) is 0 Å². The van der Waals surface area contributed by atoms with E-state index in [-0.39, 0.29) is 0 Å². The number of hydrogen-bond acceptors (Lipinski definition) is 5. The molecule has 5 heteroatoms. The zero-order valence-electron chi connectivity index (χ0n) is 13.5. The Balaban J connectivity index is 2.03. The molecule has 0 saturated carbocycles. The largest absolute Gasteiger partial charge is 0.384 e. The van der Waals surface area contributed by atoms with Crippen LogP contribution in [0.2, 0.25) is 0 Å². The van der Waals surface area contributed by atoms with E-state index in [0.29, 0.717) is 6.61 Å². The zero-order chi connectivity index (χ0) is 16.3. The Kier molecular flexibility index (Phi) is 5.02. The summed E-state index contributed by atoms with van der Waals surface area (Å²) >= 11 is 1.69. The van der Waals surface area contributed by atoms with Crippen molar-refractivity contribution < 1.29 is 9.84 Å². The standard InChI is InChI=1S/C18H22N2O2S/c1-20-12-3-13-22-18(20,15-8-10-19-11-9-15)17(21)14-4-6-16(23-2)7-5-14/h4-11,17,21H,3,12-13H2,1-2H3. The first kappa shape index (κ1) is 16.5. The molecule has 2 aromatic rings. The van der Waals surface area contributed by atoms with Crippen molar-refractivity contribution in [3.05, 3.63) is 59.9 Å². The molecule has 1 aliphatic heterocycles. The fourth-order valence-electron chi connectivity index (χ4n) is 3.16. The molecule has 4 nitrogen and oxygen atoms in total. The molecule has 2 unspecified atom stereocenters. The van der Waals surface area contributed by atoms with E-state index in [4.69, 9.17) is 4.74 Å². The number of rotatable bonds is 4. The lowest BCUT2D eigenvalue weighted by Gasteiger charge is -2.48. The summed E-state index contributed by atoms with van der Waals surface area (Å²) in [6.45, 7) is 1.51. The Labute approximate surface area is 141 Å². The van der Waals surface area contributed by atoms with Crippen LogP contribution >= 0.6 is 11.8 Å². The lowest BCUT2D eigenvalue weighted by molar-refractivity contribution is -0.240. The third-order valence-corrected chi connectivity index (χ3v) is 5.17. The van der Waals surface area contributed by atoms with E-state index >= 15 is 0 Å². The molecule has 2 atom stereocenters. The van der Waals surface area contributed by atoms with Gasteiger partial charge < -0.3 is 9.84 Å². The summed E-state index contributed by atoms with van der Waals surface area (Å²) in [5, 5.41) is 11.2. The van der Waals surface area contributed by atoms with E-state index in [1.165, 1.54) is 4.90 Å². The quantitative estimate of drug-likeness (QED) is 0.873. The van der Waals surface area contributed by atoms with Crippen LogP contribution in [-0.2, 0) is 10.5 Å². The number of pyridine rings is 1. The van der Waals surface area contributed by atoms with Gasteiger partial charge in [-0.3, -0.25) is 9.88 Å². The monoisotopic (exact) mass is 330 g/mol. The summed E-state index contributed by atoms with van der Waals surface area (Å²) in [6, 6.07) is 11.9. The van der Waals surface area contributed by atoms with Crippen molar-refractivity contribution in [2.75, 3.05) is 26.5 Å². The van der Waals surface area contributed by atoms with E-state index < -0.39 is 11.8 Å². The number of benzene rings is 1. The van der Waals surface area contributed by atoms with Crippen LogP contribution in [-0.4, -0.2) is 41.4 Å². The maximum Gasteiger partial charge on any atom is 0.177 e. The first-order valence-corrected chi connectivity index (χ1v) is 8.98. The molecule has 2 heterocycles. The Hall–Kier alpha value is -1.40. The van der Waals surface area contributed by atoms with Crippen LogP contribution in [0.3, 0.4) is 0 Å². The fraction of sp³-hybridized carbons (Fsp3) is 0.389. The van der Waals surface area contributed by atoms with E-state index in [1.807, 2.05) is 49.7 Å². The van der Waals surface area contributed by atoms with Crippen LogP contribution in [0.5, 0.6) is 0 Å². The lowest BCUT2D eigenvalue weighted by Crippen LogP contribution is -2.54. The molecule has 1 aliphatic rings. The molecule has 0 spiro atoms. The zero-order valence-corrected chi connectivity index (χ0v) is 14.3. The molecule has 23 heavy (non-hydrogen) atoms. The second-order valence-corrected chi connectivity index (χ2v) is 6.61. The van der Waals surface area contributed by atoms with Gasteiger partial charge in [-0.2, -0.15) is 0 Å². The highest BCUT2D eigenvalue weighted by atomic mass is 32.2. The number of likely N-dealkylation sites (N-methyl/N-ethyl adjacent to an activating group) is 1. The van der Waals surface area contributed by atoms with Crippen LogP contribution in [0.1, 0.15) is 23.7 Å². The average molecular weight is 330 g/mol. The SMILES string of the molecule is CSc1ccc(C(O)C2(c3ccncc3)OCCCN2C)cc1. The summed E-state index contributed by atoms with van der Waals surface area (Å²) in [4.78, 5) is 7.37. The van der Waals surface area contributed by atoms with Gasteiger partial charge in [0.2, 0.25) is 0 Å². The molecule has 0 aliphatic carbocycles. The number of aromatic nitrogens is 1. The fourth-order valence-corrected chi connectivity index (χ4v) is 3.57. The highest BCUT2D eigenvalue weighted by Crippen LogP contribution is 2.43. The van der Waals surface area contributed by atoms with Crippen LogP contribution in [0.25, 0.3) is 0 Å². The van der Waals surface area contributed by atoms with Gasteiger partial charge in [-0.25, -0.2) is 0 Å². The molecular weight excluding hydrogens is 308 g/mol. The van der Waals surface area contributed by atoms with E-state index in [9.17, 15) is 5.11 Å². The minimum Gasteiger partial charge on any atom is -0.384 e. The second kappa shape index (κ2) is 7.01. The number of nitrogens with zero attached hydrogens (tertiary/aromatic N) is 2. The molecule has 1 saturated heterocycles. The molecular formula is C18H22N2O2S. The van der Waals surface area contributed by atoms with Crippen LogP contribution in [0.15, 0.2) is 53.7 Å². The maximum atomic E-state index is 11.2. The van der Waals surface area contributed by atoms with E-state index in [2.05, 4.69) is 9.88 Å². The van der Waals surface area contributed by atoms with Crippen molar-refractivity contribution in [2.45, 2.75) is 23.1 Å². The molecule has 1 aromatic heterocycles. The summed E-state index contributed by atoms with van der Waals surface area (Å²) in [7, 11) is 2.00. The molecule has 0 bridgehead atoms. The molecule has 1 aromatic carbocycles. The number of hydrogen-bond donors (Lipinski definition) is 1. The molecule has 1 N–H and O–H groups in total. The number of ether oxygens (including phenoxy) is 1. The topological polar surface area (TPSA) is 45.6 Å². The summed E-state index contributed by atoms with van der Waals surface area (Å²) in [5.41, 5.74) is 0.909. The van der Waals surface area contributed by atoms with Crippen molar-refractivity contribution in [2.24, 2.45) is 0 Å². The Morgan fingerprint density at radius 3 is 2.52 bits per heavy atom. The smallest absolute Gasteiger partial charge is 0.177 e. The number of aliphatic hydroxyl groups is 1. The minimum absolute atomic E-state index is 0.632. The lowest BCUT2D eigenvalue weighted by atomic mass is 9.89. The predicted octanol–water partition coefficient (Wildman–Crippen LogP) is 3.04. The molecule has 3 rings (SSSR count). The highest BCUT2D eigenvalue weighted by Gasteiger charge is 2.47. The van der Waals surface area contributed by atoms with Crippen LogP contribution in [0.4, 0.5) is 0 Å². The van der Waals surface area contributed by atoms with Crippen molar-refractivity contribution in [3.63, 3.8) is 0 Å². The van der Waals surface area contributed by atoms with Gasteiger partial charge in [0.15, 0.2) is 5.72 Å². The number of thioether (sulfide) groups is 1. The van der Waals surface area contributed by atoms with E-state index in [1.54, 1.807) is 24.2 Å². The molecule has 122 valence electrons. The normalized spacial score (nSPS) is 23.6. The second-order valence-electron chi connectivity index (χ2n) is 5.73. The van der Waals surface area contributed by atoms with Gasteiger partial charge in [-0.05, 0) is 49.6 Å². The van der Waals surface area contributed by atoms with Crippen molar-refractivity contribution in [1.29, 1.82) is 0 Å². The first-order valence-electron chi connectivity index (χ1n) is 7.76. The summed E-state index contributed by atoms with van der Waals surface area (Å²) in [6.07, 6.45) is 5.72. The van der Waals surface area contributed by atoms with Gasteiger partial charge in [-0.15, -0.1) is 11.8 Å². The molecule has 1 fully saturated rings. The molecule has 0 radical (unpaired) electrons. The Bertz CT molecular complexity index is 635. The van der Waals surface area contributed by atoms with Gasteiger partial charge in [0, 0.05) is 29.4 Å². The molecule has 0 amide bonds. The highest BCUT2D eigenvalue weighted by molar-refractivity contribution is 7.98. The number of aliphatic hydroxyl groups excluding tert-OH is 1. The van der Waals surface area contributed by atoms with Crippen molar-refractivity contribution in [1.82, 2.24) is 9.88 Å². The van der Waals surface area contributed by atoms with Crippen molar-refractivity contribution >= 4 is 11.8 Å². The van der Waals surface area contributed by atoms with Gasteiger partial charge in [-0.1, -0.05) is 12.1 Å². The van der Waals surface area contributed by atoms with Gasteiger partial charge in [0.25, 0.3) is 0 Å². The van der Waals surface area contributed by atoms with Gasteiger partial charge in [0.1, 0.15) is 6.10 Å². The Morgan fingerprint density at radius 1 is 1.22 bits per heavy atom. The third kappa shape index (κ3) is 3.02. The van der Waals surface area contributed by atoms with Crippen LogP contribution in [0, 0.1) is 0 Å². The van der Waals surface area contributed by atoms with Gasteiger partial charge >= 0.3 is 0 Å². The summed E-state index contributed by atoms with van der Waals surface area (Å²) < 4.78 is 6.18.